The fraction of sp³-hybridized carbons (Fsp3) is 1.00. The van der Waals surface area contributed by atoms with Gasteiger partial charge in [-0.1, -0.05) is 0 Å². The first-order valence-electron chi connectivity index (χ1n) is 7.47. The normalized spacial score (nSPS) is 17.0. The van der Waals surface area contributed by atoms with Crippen LogP contribution in [0.15, 0.2) is 0 Å². The zero-order chi connectivity index (χ0) is 30.2. The molecule has 0 unspecified atom stereocenters. The summed E-state index contributed by atoms with van der Waals surface area (Å²) in [6.45, 7) is -4.19. The third kappa shape index (κ3) is 3.80. The highest BCUT2D eigenvalue weighted by molar-refractivity contribution is 5.18. The third-order valence-corrected chi connectivity index (χ3v) is 4.14. The van der Waals surface area contributed by atoms with Crippen molar-refractivity contribution in [3.63, 3.8) is 0 Å². The Hall–Kier alpha value is -1.68. The van der Waals surface area contributed by atoms with Crippen molar-refractivity contribution in [1.29, 1.82) is 0 Å². The minimum absolute atomic E-state index is 4.19. The molecule has 0 spiro atoms. The lowest BCUT2D eigenvalue weighted by Crippen LogP contribution is -2.77. The fourth-order valence-electron chi connectivity index (χ4n) is 1.87. The molecule has 0 atom stereocenters. The van der Waals surface area contributed by atoms with E-state index in [4.69, 9.17) is 0 Å². The Kier molecular flexibility index (Phi) is 7.78. The molecule has 36 heavy (non-hydrogen) atoms. The summed E-state index contributed by atoms with van der Waals surface area (Å²) in [5.41, 5.74) is 0. The largest absolute Gasteiger partial charge is 0.460 e. The van der Waals surface area contributed by atoms with E-state index in [1.54, 1.807) is 0 Å². The molecule has 0 nitrogen and oxygen atoms in total. The molecule has 0 amide bonds. The molecule has 0 saturated carbocycles. The second kappa shape index (κ2) is 8.16. The number of halogens is 24. The molecule has 0 fully saturated rings. The van der Waals surface area contributed by atoms with Gasteiger partial charge in [-0.05, 0) is 0 Å². The highest BCUT2D eigenvalue weighted by atomic mass is 19.4. The van der Waals surface area contributed by atoms with Gasteiger partial charge in [0.2, 0.25) is 0 Å². The maximum absolute atomic E-state index is 13.3. The zero-order valence-corrected chi connectivity index (χ0v) is 15.3. The van der Waals surface area contributed by atoms with Gasteiger partial charge in [-0.15, -0.1) is 0 Å². The van der Waals surface area contributed by atoms with E-state index >= 15 is 0 Å². The second-order valence-corrected chi connectivity index (χ2v) is 6.51. The Morgan fingerprint density at radius 3 is 0.583 bits per heavy atom. The molecular weight excluding hydrogens is 600 g/mol. The second-order valence-electron chi connectivity index (χ2n) is 6.51. The zero-order valence-electron chi connectivity index (χ0n) is 15.3. The summed E-state index contributed by atoms with van der Waals surface area (Å²) in [6, 6.07) is 0. The van der Waals surface area contributed by atoms with Crippen LogP contribution in [-0.4, -0.2) is 72.1 Å². The molecule has 0 aromatic heterocycles. The van der Waals surface area contributed by atoms with Crippen molar-refractivity contribution in [3.8, 4) is 0 Å². The van der Waals surface area contributed by atoms with Gasteiger partial charge in [-0.25, -0.2) is 4.39 Å². The standard InChI is InChI=1S/C12H2F24/c13-1-2(14,15)3(16,17)4(18,19)5(20,21)6(22,23)7(24,25)8(26,27)9(28,29)10(30,31)11(32,33)12(34,35)36/h1H2. The minimum atomic E-state index is -9.44. The smallest absolute Gasteiger partial charge is 0.244 e. The Labute approximate surface area is 179 Å². The van der Waals surface area contributed by atoms with E-state index in [0.717, 1.165) is 0 Å². The molecule has 0 saturated heterocycles. The van der Waals surface area contributed by atoms with Gasteiger partial charge in [0, 0.05) is 0 Å². The lowest BCUT2D eigenvalue weighted by atomic mass is 9.85. The van der Waals surface area contributed by atoms with E-state index in [-0.39, 0.29) is 0 Å². The van der Waals surface area contributed by atoms with Gasteiger partial charge in [0.25, 0.3) is 0 Å². The lowest BCUT2D eigenvalue weighted by Gasteiger charge is -2.45. The fourth-order valence-corrected chi connectivity index (χ4v) is 1.87. The molecule has 0 bridgehead atoms. The predicted molar refractivity (Wildman–Crippen MR) is 61.5 cm³/mol. The number of hydrogen-bond donors (Lipinski definition) is 0. The van der Waals surface area contributed by atoms with E-state index in [0.29, 0.717) is 0 Å². The molecule has 24 heteroatoms. The van der Waals surface area contributed by atoms with Crippen molar-refractivity contribution in [1.82, 2.24) is 0 Å². The summed E-state index contributed by atoms with van der Waals surface area (Å²) in [7, 11) is 0. The van der Waals surface area contributed by atoms with Crippen molar-refractivity contribution >= 4 is 0 Å². The first-order chi connectivity index (χ1) is 15.1. The molecule has 0 rings (SSSR count). The summed E-state index contributed by atoms with van der Waals surface area (Å²) >= 11 is 0. The SMILES string of the molecule is FCC(F)(F)C(F)(F)C(F)(F)C(F)(F)C(F)(F)C(F)(F)C(F)(F)C(F)(F)C(F)(F)C(F)(F)C(F)(F)F. The predicted octanol–water partition coefficient (Wildman–Crippen LogP) is 7.87. The molecule has 0 aromatic carbocycles. The van der Waals surface area contributed by atoms with Crippen LogP contribution in [0, 0.1) is 0 Å². The molecule has 0 aliphatic heterocycles. The topological polar surface area (TPSA) is 0 Å². The van der Waals surface area contributed by atoms with Gasteiger partial charge in [-0.2, -0.15) is 101 Å². The average Bonchev–Trinajstić information content (AvgIpc) is 2.65. The van der Waals surface area contributed by atoms with E-state index in [9.17, 15) is 105 Å². The van der Waals surface area contributed by atoms with Crippen molar-refractivity contribution < 1.29 is 105 Å². The van der Waals surface area contributed by atoms with Crippen molar-refractivity contribution in [2.45, 2.75) is 65.4 Å². The van der Waals surface area contributed by atoms with Crippen LogP contribution in [0.25, 0.3) is 0 Å². The molecule has 0 aromatic rings. The Morgan fingerprint density at radius 1 is 0.250 bits per heavy atom. The van der Waals surface area contributed by atoms with Crippen molar-refractivity contribution in [2.75, 3.05) is 6.67 Å². The van der Waals surface area contributed by atoms with Crippen LogP contribution in [0.4, 0.5) is 105 Å². The summed E-state index contributed by atoms with van der Waals surface area (Å²) < 4.78 is 308. The van der Waals surface area contributed by atoms with Gasteiger partial charge in [0.05, 0.1) is 0 Å². The summed E-state index contributed by atoms with van der Waals surface area (Å²) in [5.74, 6) is -88.7. The number of rotatable bonds is 10. The maximum atomic E-state index is 13.3. The van der Waals surface area contributed by atoms with E-state index < -0.39 is 72.1 Å². The highest BCUT2D eigenvalue weighted by Gasteiger charge is 2.98. The number of alkyl halides is 24. The van der Waals surface area contributed by atoms with E-state index in [2.05, 4.69) is 0 Å². The molecular formula is C12H2F24. The van der Waals surface area contributed by atoms with Gasteiger partial charge in [-0.3, -0.25) is 0 Å². The summed E-state index contributed by atoms with van der Waals surface area (Å²) in [6.07, 6.45) is -8.11. The van der Waals surface area contributed by atoms with Crippen LogP contribution >= 0.6 is 0 Å². The van der Waals surface area contributed by atoms with E-state index in [1.807, 2.05) is 0 Å². The summed E-state index contributed by atoms with van der Waals surface area (Å²) in [5, 5.41) is 0. The van der Waals surface area contributed by atoms with Gasteiger partial charge in [0.15, 0.2) is 6.67 Å². The van der Waals surface area contributed by atoms with Crippen molar-refractivity contribution in [3.05, 3.63) is 0 Å². The maximum Gasteiger partial charge on any atom is 0.460 e. The minimum Gasteiger partial charge on any atom is -0.244 e. The molecule has 0 aliphatic rings. The van der Waals surface area contributed by atoms with Crippen LogP contribution in [0.2, 0.25) is 0 Å². The monoisotopic (exact) mass is 602 g/mol. The first-order valence-corrected chi connectivity index (χ1v) is 7.47. The lowest BCUT2D eigenvalue weighted by molar-refractivity contribution is -0.478. The van der Waals surface area contributed by atoms with Gasteiger partial charge >= 0.3 is 65.4 Å². The van der Waals surface area contributed by atoms with Crippen LogP contribution in [0.5, 0.6) is 0 Å². The van der Waals surface area contributed by atoms with E-state index in [1.165, 1.54) is 0 Å². The van der Waals surface area contributed by atoms with Crippen LogP contribution in [-0.2, 0) is 0 Å². The van der Waals surface area contributed by atoms with Crippen molar-refractivity contribution in [2.24, 2.45) is 0 Å². The average molecular weight is 602 g/mol. The number of hydrogen-bond acceptors (Lipinski definition) is 0. The first kappa shape index (κ1) is 34.3. The molecule has 0 aliphatic carbocycles. The Morgan fingerprint density at radius 2 is 0.417 bits per heavy atom. The van der Waals surface area contributed by atoms with Crippen LogP contribution in [0.3, 0.4) is 0 Å². The third-order valence-electron chi connectivity index (χ3n) is 4.14. The molecule has 0 N–H and O–H groups in total. The molecule has 0 radical (unpaired) electrons. The van der Waals surface area contributed by atoms with Gasteiger partial charge < -0.3 is 0 Å². The Balaban J connectivity index is 7.18. The van der Waals surface area contributed by atoms with Gasteiger partial charge in [0.1, 0.15) is 0 Å². The molecule has 218 valence electrons. The Bertz CT molecular complexity index is 796. The van der Waals surface area contributed by atoms with Crippen LogP contribution in [0.1, 0.15) is 0 Å². The van der Waals surface area contributed by atoms with Crippen LogP contribution < -0.4 is 0 Å². The molecule has 0 heterocycles. The highest BCUT2D eigenvalue weighted by Crippen LogP contribution is 2.67. The quantitative estimate of drug-likeness (QED) is 0.224. The summed E-state index contributed by atoms with van der Waals surface area (Å²) in [4.78, 5) is 0.